The average molecular weight is 412 g/mol. The normalized spacial score (nSPS) is 17.8. The molecular formula is C23H33N5O2. The third-order valence-corrected chi connectivity index (χ3v) is 6.07. The van der Waals surface area contributed by atoms with Crippen molar-refractivity contribution in [2.45, 2.75) is 65.8 Å². The fourth-order valence-electron chi connectivity index (χ4n) is 4.20. The van der Waals surface area contributed by atoms with Crippen LogP contribution in [-0.4, -0.2) is 62.6 Å². The van der Waals surface area contributed by atoms with Crippen molar-refractivity contribution in [3.63, 3.8) is 0 Å². The van der Waals surface area contributed by atoms with Crippen molar-refractivity contribution >= 4 is 22.8 Å². The van der Waals surface area contributed by atoms with Crippen LogP contribution >= 0.6 is 0 Å². The van der Waals surface area contributed by atoms with Crippen LogP contribution in [0.2, 0.25) is 0 Å². The Hall–Kier alpha value is -2.44. The van der Waals surface area contributed by atoms with Gasteiger partial charge >= 0.3 is 0 Å². The van der Waals surface area contributed by atoms with Gasteiger partial charge in [-0.05, 0) is 46.6 Å². The van der Waals surface area contributed by atoms with E-state index in [1.165, 1.54) is 0 Å². The molecule has 2 amide bonds. The van der Waals surface area contributed by atoms with Crippen LogP contribution in [0.4, 0.5) is 0 Å². The second-order valence-electron chi connectivity index (χ2n) is 10.0. The summed E-state index contributed by atoms with van der Waals surface area (Å²) >= 11 is 0. The third kappa shape index (κ3) is 3.70. The summed E-state index contributed by atoms with van der Waals surface area (Å²) in [7, 11) is 0. The standard InChI is InChI=1S/C23H33N5O2/c1-14(2)21(29)26-9-11-27(12-10-26)22(30)17-13-18(16-7-8-16)24-20-19(17)15(3)25-28(20)23(4,5)6/h13-14,16H,7-12H2,1-6H3. The Morgan fingerprint density at radius 1 is 1.07 bits per heavy atom. The molecule has 2 aromatic rings. The highest BCUT2D eigenvalue weighted by Gasteiger charge is 2.32. The summed E-state index contributed by atoms with van der Waals surface area (Å²) in [6.45, 7) is 14.4. The summed E-state index contributed by atoms with van der Waals surface area (Å²) in [6.07, 6.45) is 2.26. The van der Waals surface area contributed by atoms with Crippen LogP contribution < -0.4 is 0 Å². The Bertz CT molecular complexity index is 989. The van der Waals surface area contributed by atoms with Crippen LogP contribution in [0.3, 0.4) is 0 Å². The molecule has 0 aromatic carbocycles. The van der Waals surface area contributed by atoms with Crippen LogP contribution in [0.15, 0.2) is 6.07 Å². The number of aryl methyl sites for hydroxylation is 1. The molecule has 3 heterocycles. The number of pyridine rings is 1. The first-order valence-corrected chi connectivity index (χ1v) is 11.1. The molecule has 7 heteroatoms. The molecule has 2 fully saturated rings. The largest absolute Gasteiger partial charge is 0.339 e. The monoisotopic (exact) mass is 411 g/mol. The van der Waals surface area contributed by atoms with Gasteiger partial charge in [0.1, 0.15) is 0 Å². The zero-order chi connectivity index (χ0) is 21.8. The quantitative estimate of drug-likeness (QED) is 0.777. The lowest BCUT2D eigenvalue weighted by Crippen LogP contribution is -2.51. The molecule has 1 saturated carbocycles. The maximum Gasteiger partial charge on any atom is 0.254 e. The lowest BCUT2D eigenvalue weighted by Gasteiger charge is -2.35. The molecule has 0 radical (unpaired) electrons. The zero-order valence-electron chi connectivity index (χ0n) is 19.0. The van der Waals surface area contributed by atoms with Crippen molar-refractivity contribution in [2.24, 2.45) is 5.92 Å². The van der Waals surface area contributed by atoms with Gasteiger partial charge in [-0.2, -0.15) is 5.10 Å². The molecule has 1 saturated heterocycles. The molecule has 0 atom stereocenters. The first-order valence-electron chi connectivity index (χ1n) is 11.1. The van der Waals surface area contributed by atoms with Crippen LogP contribution in [0, 0.1) is 12.8 Å². The number of carbonyl (C=O) groups is 2. The van der Waals surface area contributed by atoms with Gasteiger partial charge in [0.25, 0.3) is 5.91 Å². The van der Waals surface area contributed by atoms with E-state index in [1.54, 1.807) is 0 Å². The summed E-state index contributed by atoms with van der Waals surface area (Å²) < 4.78 is 1.96. The Kier molecular flexibility index (Phi) is 5.11. The summed E-state index contributed by atoms with van der Waals surface area (Å²) in [5.74, 6) is 0.619. The number of fused-ring (bicyclic) bond motifs is 1. The van der Waals surface area contributed by atoms with Gasteiger partial charge in [-0.1, -0.05) is 13.8 Å². The third-order valence-electron chi connectivity index (χ3n) is 6.07. The first-order chi connectivity index (χ1) is 14.1. The predicted octanol–water partition coefficient (Wildman–Crippen LogP) is 3.31. The van der Waals surface area contributed by atoms with E-state index in [4.69, 9.17) is 10.1 Å². The van der Waals surface area contributed by atoms with Crippen LogP contribution in [0.1, 0.15) is 75.1 Å². The van der Waals surface area contributed by atoms with E-state index in [9.17, 15) is 9.59 Å². The highest BCUT2D eigenvalue weighted by atomic mass is 16.2. The predicted molar refractivity (Wildman–Crippen MR) is 117 cm³/mol. The molecule has 1 aliphatic carbocycles. The minimum atomic E-state index is -0.217. The Morgan fingerprint density at radius 3 is 2.20 bits per heavy atom. The number of hydrogen-bond donors (Lipinski definition) is 0. The fourth-order valence-corrected chi connectivity index (χ4v) is 4.20. The van der Waals surface area contributed by atoms with Gasteiger partial charge in [0.15, 0.2) is 5.65 Å². The van der Waals surface area contributed by atoms with Crippen molar-refractivity contribution in [2.75, 3.05) is 26.2 Å². The summed E-state index contributed by atoms with van der Waals surface area (Å²) in [5, 5.41) is 5.62. The molecule has 0 unspecified atom stereocenters. The summed E-state index contributed by atoms with van der Waals surface area (Å²) in [4.78, 5) is 34.6. The molecule has 0 N–H and O–H groups in total. The lowest BCUT2D eigenvalue weighted by molar-refractivity contribution is -0.135. The minimum absolute atomic E-state index is 0.0148. The molecule has 2 aromatic heterocycles. The number of amides is 2. The van der Waals surface area contributed by atoms with E-state index < -0.39 is 0 Å². The number of rotatable bonds is 3. The Balaban J connectivity index is 1.69. The maximum atomic E-state index is 13.6. The van der Waals surface area contributed by atoms with Crippen LogP contribution in [0.5, 0.6) is 0 Å². The van der Waals surface area contributed by atoms with Crippen molar-refractivity contribution < 1.29 is 9.59 Å². The molecule has 1 aliphatic heterocycles. The molecule has 2 aliphatic rings. The number of hydrogen-bond acceptors (Lipinski definition) is 4. The van der Waals surface area contributed by atoms with E-state index in [0.717, 1.165) is 35.3 Å². The van der Waals surface area contributed by atoms with Gasteiger partial charge in [0.2, 0.25) is 5.91 Å². The number of carbonyl (C=O) groups excluding carboxylic acids is 2. The second kappa shape index (κ2) is 7.36. The minimum Gasteiger partial charge on any atom is -0.339 e. The summed E-state index contributed by atoms with van der Waals surface area (Å²) in [6, 6.07) is 2.00. The molecule has 4 rings (SSSR count). The maximum absolute atomic E-state index is 13.6. The van der Waals surface area contributed by atoms with Gasteiger partial charge in [-0.15, -0.1) is 0 Å². The van der Waals surface area contributed by atoms with Crippen molar-refractivity contribution in [3.05, 3.63) is 23.0 Å². The van der Waals surface area contributed by atoms with Gasteiger partial charge in [0, 0.05) is 43.7 Å². The van der Waals surface area contributed by atoms with Gasteiger partial charge in [0.05, 0.1) is 22.2 Å². The fraction of sp³-hybridized carbons (Fsp3) is 0.652. The van der Waals surface area contributed by atoms with Crippen LogP contribution in [-0.2, 0) is 10.3 Å². The molecule has 30 heavy (non-hydrogen) atoms. The van der Waals surface area contributed by atoms with E-state index in [0.29, 0.717) is 37.7 Å². The van der Waals surface area contributed by atoms with E-state index in [1.807, 2.05) is 41.3 Å². The topological polar surface area (TPSA) is 71.3 Å². The molecule has 162 valence electrons. The SMILES string of the molecule is Cc1nn(C(C)(C)C)c2nc(C3CC3)cc(C(=O)N3CCN(C(=O)C(C)C)CC3)c12. The number of nitrogens with zero attached hydrogens (tertiary/aromatic N) is 5. The van der Waals surface area contributed by atoms with E-state index in [-0.39, 0.29) is 23.3 Å². The lowest BCUT2D eigenvalue weighted by atomic mass is 10.0. The van der Waals surface area contributed by atoms with E-state index >= 15 is 0 Å². The van der Waals surface area contributed by atoms with Crippen molar-refractivity contribution in [1.29, 1.82) is 0 Å². The number of piperazine rings is 1. The molecule has 0 spiro atoms. The Labute approximate surface area is 178 Å². The smallest absolute Gasteiger partial charge is 0.254 e. The summed E-state index contributed by atoms with van der Waals surface area (Å²) in [5.41, 5.74) is 3.14. The van der Waals surface area contributed by atoms with Gasteiger partial charge in [-0.3, -0.25) is 9.59 Å². The highest BCUT2D eigenvalue weighted by molar-refractivity contribution is 6.06. The molecule has 7 nitrogen and oxygen atoms in total. The van der Waals surface area contributed by atoms with Crippen molar-refractivity contribution in [1.82, 2.24) is 24.6 Å². The van der Waals surface area contributed by atoms with Gasteiger partial charge in [-0.25, -0.2) is 9.67 Å². The van der Waals surface area contributed by atoms with Crippen molar-refractivity contribution in [3.8, 4) is 0 Å². The first kappa shape index (κ1) is 20.8. The van der Waals surface area contributed by atoms with Gasteiger partial charge < -0.3 is 9.80 Å². The Morgan fingerprint density at radius 2 is 1.67 bits per heavy atom. The molecule has 0 bridgehead atoms. The number of aromatic nitrogens is 3. The second-order valence-corrected chi connectivity index (χ2v) is 10.0. The average Bonchev–Trinajstić information content (AvgIpc) is 3.49. The zero-order valence-corrected chi connectivity index (χ0v) is 19.0. The highest BCUT2D eigenvalue weighted by Crippen LogP contribution is 2.41. The molecular weight excluding hydrogens is 378 g/mol. The van der Waals surface area contributed by atoms with E-state index in [2.05, 4.69) is 20.8 Å². The van der Waals surface area contributed by atoms with Crippen LogP contribution in [0.25, 0.3) is 11.0 Å².